The van der Waals surface area contributed by atoms with Crippen molar-refractivity contribution in [2.45, 2.75) is 52.5 Å². The molecule has 18 heavy (non-hydrogen) atoms. The summed E-state index contributed by atoms with van der Waals surface area (Å²) in [5, 5.41) is 0.180. The topological polar surface area (TPSA) is 54.9 Å². The number of nitrogens with zero attached hydrogens (tertiary/aromatic N) is 1. The van der Waals surface area contributed by atoms with E-state index in [-0.39, 0.29) is 27.9 Å². The van der Waals surface area contributed by atoms with Gasteiger partial charge in [-0.15, -0.1) is 0 Å². The second-order valence-corrected chi connectivity index (χ2v) is 6.03. The molecular weight excluding hydrogens is 252 g/mol. The Morgan fingerprint density at radius 3 is 2.61 bits per heavy atom. The summed E-state index contributed by atoms with van der Waals surface area (Å²) in [5.41, 5.74) is -0.136. The van der Waals surface area contributed by atoms with Crippen LogP contribution in [0.25, 0.3) is 0 Å². The highest BCUT2D eigenvalue weighted by Gasteiger charge is 2.37. The molecule has 1 aromatic rings. The van der Waals surface area contributed by atoms with E-state index in [0.717, 1.165) is 19.3 Å². The molecule has 0 amide bonds. The normalized spacial score (nSPS) is 22.3. The summed E-state index contributed by atoms with van der Waals surface area (Å²) in [7, 11) is 0. The van der Waals surface area contributed by atoms with E-state index in [4.69, 9.17) is 11.6 Å². The monoisotopic (exact) mass is 270 g/mol. The summed E-state index contributed by atoms with van der Waals surface area (Å²) in [6.07, 6.45) is 3.49. The van der Waals surface area contributed by atoms with Crippen LogP contribution in [0.5, 0.6) is 0 Å². The van der Waals surface area contributed by atoms with Gasteiger partial charge in [-0.25, -0.2) is 4.79 Å². The molecule has 1 unspecified atom stereocenters. The molecule has 1 atom stereocenters. The highest BCUT2D eigenvalue weighted by atomic mass is 35.5. The van der Waals surface area contributed by atoms with E-state index in [9.17, 15) is 9.59 Å². The van der Waals surface area contributed by atoms with E-state index in [1.54, 1.807) is 0 Å². The van der Waals surface area contributed by atoms with Gasteiger partial charge >= 0.3 is 5.69 Å². The van der Waals surface area contributed by atoms with Gasteiger partial charge in [0.15, 0.2) is 0 Å². The Labute approximate surface area is 111 Å². The van der Waals surface area contributed by atoms with Gasteiger partial charge in [0.2, 0.25) is 0 Å². The fourth-order valence-corrected chi connectivity index (χ4v) is 3.23. The summed E-state index contributed by atoms with van der Waals surface area (Å²) in [4.78, 5) is 27.0. The number of hydrogen-bond acceptors (Lipinski definition) is 2. The molecule has 100 valence electrons. The van der Waals surface area contributed by atoms with E-state index >= 15 is 0 Å². The number of hydrogen-bond donors (Lipinski definition) is 1. The van der Waals surface area contributed by atoms with Crippen molar-refractivity contribution in [3.05, 3.63) is 31.6 Å². The summed E-state index contributed by atoms with van der Waals surface area (Å²) >= 11 is 5.92. The van der Waals surface area contributed by atoms with Crippen LogP contribution in [0.3, 0.4) is 0 Å². The Kier molecular flexibility index (Phi) is 3.41. The summed E-state index contributed by atoms with van der Waals surface area (Å²) < 4.78 is 1.37. The maximum Gasteiger partial charge on any atom is 0.329 e. The van der Waals surface area contributed by atoms with E-state index in [1.807, 2.05) is 6.92 Å². The summed E-state index contributed by atoms with van der Waals surface area (Å²) in [6, 6.07) is -0.0312. The molecule has 1 N–H and O–H groups in total. The van der Waals surface area contributed by atoms with Crippen molar-refractivity contribution in [1.82, 2.24) is 9.55 Å². The minimum atomic E-state index is -0.387. The predicted molar refractivity (Wildman–Crippen MR) is 72.4 cm³/mol. The molecule has 1 saturated carbocycles. The molecule has 4 nitrogen and oxygen atoms in total. The van der Waals surface area contributed by atoms with Gasteiger partial charge in [-0.1, -0.05) is 38.8 Å². The van der Waals surface area contributed by atoms with Gasteiger partial charge in [0.05, 0.1) is 5.56 Å². The van der Waals surface area contributed by atoms with Crippen LogP contribution >= 0.6 is 11.6 Å². The fraction of sp³-hybridized carbons (Fsp3) is 0.692. The molecule has 5 heteroatoms. The maximum atomic E-state index is 12.4. The molecule has 0 aromatic carbocycles. The van der Waals surface area contributed by atoms with Crippen LogP contribution in [-0.4, -0.2) is 9.55 Å². The minimum absolute atomic E-state index is 0.0182. The van der Waals surface area contributed by atoms with Gasteiger partial charge in [0.1, 0.15) is 5.15 Å². The average molecular weight is 271 g/mol. The van der Waals surface area contributed by atoms with Gasteiger partial charge in [-0.3, -0.25) is 14.3 Å². The summed E-state index contributed by atoms with van der Waals surface area (Å²) in [6.45, 7) is 6.08. The number of H-pyrrole nitrogens is 1. The lowest BCUT2D eigenvalue weighted by Crippen LogP contribution is -2.43. The zero-order valence-corrected chi connectivity index (χ0v) is 11.8. The molecular formula is C13H19ClN2O2. The third kappa shape index (κ3) is 2.03. The molecule has 1 heterocycles. The lowest BCUT2D eigenvalue weighted by molar-refractivity contribution is 0.248. The van der Waals surface area contributed by atoms with E-state index < -0.39 is 0 Å². The van der Waals surface area contributed by atoms with Crippen molar-refractivity contribution in [3.8, 4) is 0 Å². The van der Waals surface area contributed by atoms with Crippen LogP contribution in [0.15, 0.2) is 9.59 Å². The average Bonchev–Trinajstić information content (AvgIpc) is 2.59. The van der Waals surface area contributed by atoms with Crippen molar-refractivity contribution in [3.63, 3.8) is 0 Å². The highest BCUT2D eigenvalue weighted by Crippen LogP contribution is 2.44. The molecule has 0 bridgehead atoms. The molecule has 2 rings (SSSR count). The lowest BCUT2D eigenvalue weighted by atomic mass is 9.87. The van der Waals surface area contributed by atoms with Crippen LogP contribution < -0.4 is 11.2 Å². The fourth-order valence-electron chi connectivity index (χ4n) is 2.94. The Hall–Kier alpha value is -1.03. The number of halogens is 1. The number of rotatable bonds is 2. The van der Waals surface area contributed by atoms with Gasteiger partial charge in [-0.05, 0) is 24.7 Å². The quantitative estimate of drug-likeness (QED) is 0.840. The van der Waals surface area contributed by atoms with Gasteiger partial charge in [-0.2, -0.15) is 0 Å². The van der Waals surface area contributed by atoms with Crippen molar-refractivity contribution in [1.29, 1.82) is 0 Å². The number of aromatic amines is 1. The first-order valence-electron chi connectivity index (χ1n) is 6.41. The van der Waals surface area contributed by atoms with E-state index in [1.165, 1.54) is 4.57 Å². The van der Waals surface area contributed by atoms with Crippen LogP contribution in [0.4, 0.5) is 0 Å². The van der Waals surface area contributed by atoms with E-state index in [0.29, 0.717) is 12.0 Å². The Balaban J connectivity index is 2.65. The molecule has 0 spiro atoms. The SMILES string of the molecule is CCc1c(Cl)[nH]c(=O)n(C2CCCC2(C)C)c1=O. The second-order valence-electron chi connectivity index (χ2n) is 5.65. The molecule has 0 saturated heterocycles. The van der Waals surface area contributed by atoms with Gasteiger partial charge in [0, 0.05) is 6.04 Å². The van der Waals surface area contributed by atoms with Crippen molar-refractivity contribution in [2.24, 2.45) is 5.41 Å². The molecule has 1 aromatic heterocycles. The van der Waals surface area contributed by atoms with Crippen molar-refractivity contribution >= 4 is 11.6 Å². The van der Waals surface area contributed by atoms with Gasteiger partial charge in [0.25, 0.3) is 5.56 Å². The van der Waals surface area contributed by atoms with E-state index in [2.05, 4.69) is 18.8 Å². The molecule has 1 fully saturated rings. The van der Waals surface area contributed by atoms with Gasteiger partial charge < -0.3 is 0 Å². The Morgan fingerprint density at radius 1 is 1.44 bits per heavy atom. The molecule has 1 aliphatic rings. The predicted octanol–water partition coefficient (Wildman–Crippen LogP) is 2.50. The second kappa shape index (κ2) is 4.57. The first-order valence-corrected chi connectivity index (χ1v) is 6.79. The first kappa shape index (κ1) is 13.4. The summed E-state index contributed by atoms with van der Waals surface area (Å²) in [5.74, 6) is 0. The first-order chi connectivity index (χ1) is 8.38. The van der Waals surface area contributed by atoms with Crippen LogP contribution in [0.1, 0.15) is 51.6 Å². The molecule has 0 radical (unpaired) electrons. The molecule has 1 aliphatic carbocycles. The highest BCUT2D eigenvalue weighted by molar-refractivity contribution is 6.30. The third-order valence-electron chi connectivity index (χ3n) is 4.04. The van der Waals surface area contributed by atoms with Crippen LogP contribution in [0, 0.1) is 5.41 Å². The Morgan fingerprint density at radius 2 is 2.11 bits per heavy atom. The van der Waals surface area contributed by atoms with Crippen molar-refractivity contribution in [2.75, 3.05) is 0 Å². The molecule has 0 aliphatic heterocycles. The smallest absolute Gasteiger partial charge is 0.297 e. The lowest BCUT2D eigenvalue weighted by Gasteiger charge is -2.28. The zero-order valence-electron chi connectivity index (χ0n) is 11.0. The Bertz CT molecular complexity index is 571. The third-order valence-corrected chi connectivity index (χ3v) is 4.37. The standard InChI is InChI=1S/C13H19ClN2O2/c1-4-8-10(14)15-12(18)16(11(8)17)9-6-5-7-13(9,2)3/h9H,4-7H2,1-3H3,(H,15,18). The number of nitrogens with one attached hydrogen (secondary N) is 1. The minimum Gasteiger partial charge on any atom is -0.297 e. The zero-order chi connectivity index (χ0) is 13.5. The number of aromatic nitrogens is 2. The van der Waals surface area contributed by atoms with Crippen LogP contribution in [-0.2, 0) is 6.42 Å². The van der Waals surface area contributed by atoms with Crippen molar-refractivity contribution < 1.29 is 0 Å². The maximum absolute atomic E-state index is 12.4. The van der Waals surface area contributed by atoms with Crippen LogP contribution in [0.2, 0.25) is 5.15 Å². The largest absolute Gasteiger partial charge is 0.329 e.